The third kappa shape index (κ3) is 2.37. The van der Waals surface area contributed by atoms with Gasteiger partial charge in [0.15, 0.2) is 0 Å². The van der Waals surface area contributed by atoms with Crippen molar-refractivity contribution in [2.45, 2.75) is 19.4 Å². The van der Waals surface area contributed by atoms with Gasteiger partial charge in [-0.2, -0.15) is 0 Å². The number of fused-ring (bicyclic) bond motifs is 1. The molecule has 0 aromatic heterocycles. The first-order valence-electron chi connectivity index (χ1n) is 6.57. The molecule has 0 saturated carbocycles. The molecule has 2 N–H and O–H groups in total. The molecule has 1 amide bonds. The van der Waals surface area contributed by atoms with Crippen LogP contribution in [0.15, 0.2) is 42.5 Å². The van der Waals surface area contributed by atoms with Crippen LogP contribution in [0, 0.1) is 5.82 Å². The van der Waals surface area contributed by atoms with Gasteiger partial charge in [0.2, 0.25) is 5.91 Å². The monoisotopic (exact) mass is 270 g/mol. The van der Waals surface area contributed by atoms with Gasteiger partial charge in [0, 0.05) is 17.8 Å². The van der Waals surface area contributed by atoms with Crippen molar-refractivity contribution in [3.8, 4) is 0 Å². The summed E-state index contributed by atoms with van der Waals surface area (Å²) in [6.45, 7) is 0.461. The Morgan fingerprint density at radius 3 is 2.80 bits per heavy atom. The summed E-state index contributed by atoms with van der Waals surface area (Å²) in [6, 6.07) is 12.0. The number of carbonyl (C=O) groups is 1. The maximum atomic E-state index is 13.3. The van der Waals surface area contributed by atoms with Gasteiger partial charge in [-0.25, -0.2) is 4.39 Å². The largest absolute Gasteiger partial charge is 0.399 e. The van der Waals surface area contributed by atoms with Crippen molar-refractivity contribution in [3.05, 3.63) is 59.4 Å². The molecule has 0 saturated heterocycles. The minimum absolute atomic E-state index is 0.0616. The van der Waals surface area contributed by atoms with Gasteiger partial charge in [-0.15, -0.1) is 0 Å². The summed E-state index contributed by atoms with van der Waals surface area (Å²) in [5.41, 5.74) is 9.08. The molecule has 3 rings (SSSR count). The average molecular weight is 270 g/mol. The minimum Gasteiger partial charge on any atom is -0.399 e. The number of nitrogens with zero attached hydrogens (tertiary/aromatic N) is 1. The van der Waals surface area contributed by atoms with Crippen LogP contribution < -0.4 is 10.6 Å². The average Bonchev–Trinajstić information content (AvgIpc) is 2.42. The quantitative estimate of drug-likeness (QED) is 0.853. The van der Waals surface area contributed by atoms with E-state index in [2.05, 4.69) is 0 Å². The normalized spacial score (nSPS) is 14.2. The van der Waals surface area contributed by atoms with Gasteiger partial charge < -0.3 is 10.6 Å². The van der Waals surface area contributed by atoms with Gasteiger partial charge in [-0.1, -0.05) is 12.1 Å². The van der Waals surface area contributed by atoms with Crippen LogP contribution in [-0.2, 0) is 17.8 Å². The van der Waals surface area contributed by atoms with Crippen LogP contribution in [0.1, 0.15) is 17.5 Å². The Kier molecular flexibility index (Phi) is 3.14. The van der Waals surface area contributed by atoms with Gasteiger partial charge >= 0.3 is 0 Å². The molecule has 0 spiro atoms. The first-order chi connectivity index (χ1) is 9.63. The van der Waals surface area contributed by atoms with Gasteiger partial charge in [-0.05, 0) is 47.9 Å². The molecular weight excluding hydrogens is 255 g/mol. The van der Waals surface area contributed by atoms with E-state index in [9.17, 15) is 9.18 Å². The molecule has 0 aliphatic carbocycles. The number of nitrogens with two attached hydrogens (primary N) is 1. The predicted octanol–water partition coefficient (Wildman–Crippen LogP) is 2.89. The van der Waals surface area contributed by atoms with Crippen molar-refractivity contribution >= 4 is 17.3 Å². The molecule has 0 unspecified atom stereocenters. The van der Waals surface area contributed by atoms with Crippen LogP contribution >= 0.6 is 0 Å². The van der Waals surface area contributed by atoms with Crippen LogP contribution in [-0.4, -0.2) is 5.91 Å². The Bertz CT molecular complexity index is 669. The highest BCUT2D eigenvalue weighted by Gasteiger charge is 2.24. The Morgan fingerprint density at radius 2 is 2.00 bits per heavy atom. The van der Waals surface area contributed by atoms with E-state index in [-0.39, 0.29) is 11.7 Å². The number of halogens is 1. The second-order valence-electron chi connectivity index (χ2n) is 5.00. The van der Waals surface area contributed by atoms with Crippen molar-refractivity contribution in [1.29, 1.82) is 0 Å². The van der Waals surface area contributed by atoms with Crippen molar-refractivity contribution in [2.24, 2.45) is 0 Å². The molecule has 0 fully saturated rings. The summed E-state index contributed by atoms with van der Waals surface area (Å²) in [6.07, 6.45) is 1.01. The summed E-state index contributed by atoms with van der Waals surface area (Å²) in [5.74, 6) is -0.200. The first-order valence-corrected chi connectivity index (χ1v) is 6.57. The smallest absolute Gasteiger partial charge is 0.227 e. The van der Waals surface area contributed by atoms with E-state index in [0.717, 1.165) is 16.8 Å². The van der Waals surface area contributed by atoms with E-state index in [1.54, 1.807) is 11.0 Å². The van der Waals surface area contributed by atoms with Crippen LogP contribution in [0.5, 0.6) is 0 Å². The highest BCUT2D eigenvalue weighted by molar-refractivity contribution is 5.96. The van der Waals surface area contributed by atoms with Crippen LogP contribution in [0.25, 0.3) is 0 Å². The molecule has 2 aromatic rings. The number of amides is 1. The number of hydrogen-bond acceptors (Lipinski definition) is 2. The Balaban J connectivity index is 1.95. The molecule has 1 heterocycles. The van der Waals surface area contributed by atoms with Crippen molar-refractivity contribution in [3.63, 3.8) is 0 Å². The lowest BCUT2D eigenvalue weighted by Crippen LogP contribution is -2.34. The molecule has 0 bridgehead atoms. The van der Waals surface area contributed by atoms with Gasteiger partial charge in [0.1, 0.15) is 5.82 Å². The Labute approximate surface area is 116 Å². The summed E-state index contributed by atoms with van der Waals surface area (Å²) >= 11 is 0. The number of rotatable bonds is 2. The van der Waals surface area contributed by atoms with Gasteiger partial charge in [0.05, 0.1) is 6.54 Å². The summed E-state index contributed by atoms with van der Waals surface area (Å²) < 4.78 is 13.3. The van der Waals surface area contributed by atoms with Crippen molar-refractivity contribution in [1.82, 2.24) is 0 Å². The second kappa shape index (κ2) is 4.96. The van der Waals surface area contributed by atoms with Crippen LogP contribution in [0.3, 0.4) is 0 Å². The first kappa shape index (κ1) is 12.7. The van der Waals surface area contributed by atoms with E-state index >= 15 is 0 Å². The zero-order chi connectivity index (χ0) is 14.1. The highest BCUT2D eigenvalue weighted by atomic mass is 19.1. The molecule has 3 nitrogen and oxygen atoms in total. The molecular formula is C16H15FN2O. The fourth-order valence-electron chi connectivity index (χ4n) is 2.58. The molecule has 4 heteroatoms. The molecule has 102 valence electrons. The SMILES string of the molecule is Nc1cccc(CN2C(=O)CCc3cc(F)ccc32)c1. The van der Waals surface area contributed by atoms with E-state index < -0.39 is 0 Å². The molecule has 0 radical (unpaired) electrons. The summed E-state index contributed by atoms with van der Waals surface area (Å²) in [7, 11) is 0. The maximum absolute atomic E-state index is 13.3. The zero-order valence-corrected chi connectivity index (χ0v) is 11.0. The molecule has 20 heavy (non-hydrogen) atoms. The standard InChI is InChI=1S/C16H15FN2O/c17-13-5-6-15-12(9-13)4-7-16(20)19(15)10-11-2-1-3-14(18)8-11/h1-3,5-6,8-9H,4,7,10,18H2. The predicted molar refractivity (Wildman–Crippen MR) is 76.8 cm³/mol. The Morgan fingerprint density at radius 1 is 1.15 bits per heavy atom. The number of carbonyl (C=O) groups excluding carboxylic acids is 1. The summed E-state index contributed by atoms with van der Waals surface area (Å²) in [5, 5.41) is 0. The number of hydrogen-bond donors (Lipinski definition) is 1. The maximum Gasteiger partial charge on any atom is 0.227 e. The summed E-state index contributed by atoms with van der Waals surface area (Å²) in [4.78, 5) is 13.8. The fraction of sp³-hybridized carbons (Fsp3) is 0.188. The molecule has 2 aromatic carbocycles. The van der Waals surface area contributed by atoms with Crippen LogP contribution in [0.4, 0.5) is 15.8 Å². The number of aryl methyl sites for hydroxylation is 1. The van der Waals surface area contributed by atoms with E-state index in [0.29, 0.717) is 25.1 Å². The second-order valence-corrected chi connectivity index (χ2v) is 5.00. The third-order valence-corrected chi connectivity index (χ3v) is 3.53. The van der Waals surface area contributed by atoms with E-state index in [1.165, 1.54) is 12.1 Å². The molecule has 1 aliphatic heterocycles. The molecule has 0 atom stereocenters. The minimum atomic E-state index is -0.262. The zero-order valence-electron chi connectivity index (χ0n) is 11.0. The lowest BCUT2D eigenvalue weighted by Gasteiger charge is -2.29. The van der Waals surface area contributed by atoms with E-state index in [1.807, 2.05) is 24.3 Å². The number of anilines is 2. The highest BCUT2D eigenvalue weighted by Crippen LogP contribution is 2.30. The molecule has 1 aliphatic rings. The lowest BCUT2D eigenvalue weighted by atomic mass is 10.00. The number of benzene rings is 2. The van der Waals surface area contributed by atoms with Gasteiger partial charge in [-0.3, -0.25) is 4.79 Å². The number of nitrogen functional groups attached to an aromatic ring is 1. The fourth-order valence-corrected chi connectivity index (χ4v) is 2.58. The lowest BCUT2D eigenvalue weighted by molar-refractivity contribution is -0.119. The van der Waals surface area contributed by atoms with Crippen molar-refractivity contribution in [2.75, 3.05) is 10.6 Å². The van der Waals surface area contributed by atoms with Crippen molar-refractivity contribution < 1.29 is 9.18 Å². The van der Waals surface area contributed by atoms with Crippen LogP contribution in [0.2, 0.25) is 0 Å². The Hall–Kier alpha value is -2.36. The van der Waals surface area contributed by atoms with Gasteiger partial charge in [0.25, 0.3) is 0 Å². The third-order valence-electron chi connectivity index (χ3n) is 3.53. The topological polar surface area (TPSA) is 46.3 Å². The van der Waals surface area contributed by atoms with E-state index in [4.69, 9.17) is 5.73 Å².